The van der Waals surface area contributed by atoms with Crippen molar-refractivity contribution in [3.63, 3.8) is 0 Å². The van der Waals surface area contributed by atoms with Crippen LogP contribution in [0.25, 0.3) is 0 Å². The van der Waals surface area contributed by atoms with Gasteiger partial charge in [-0.15, -0.1) is 0 Å². The average molecular weight is 572 g/mol. The van der Waals surface area contributed by atoms with Crippen LogP contribution in [0.15, 0.2) is 36.4 Å². The third kappa shape index (κ3) is 7.53. The number of fused-ring (bicyclic) bond motifs is 1. The lowest BCUT2D eigenvalue weighted by molar-refractivity contribution is -0.202. The molecule has 0 bridgehead atoms. The third-order valence-corrected chi connectivity index (χ3v) is 6.55. The van der Waals surface area contributed by atoms with Gasteiger partial charge in [-0.05, 0) is 54.7 Å². The van der Waals surface area contributed by atoms with Crippen molar-refractivity contribution < 1.29 is 37.0 Å². The maximum Gasteiger partial charge on any atom is 0.491 e. The SMILES string of the molecule is COc1ccc(C#N)cc1C(CC(=O)OC(=O)C(F)(F)F)Cc1cc(OCCc2ccc3c(n2)NCCC3)n(C)n1. The minimum Gasteiger partial charge on any atom is -0.496 e. The van der Waals surface area contributed by atoms with Gasteiger partial charge in [0.1, 0.15) is 11.6 Å². The third-order valence-electron chi connectivity index (χ3n) is 6.55. The molecule has 0 spiro atoms. The number of ether oxygens (including phenoxy) is 3. The fraction of sp³-hybridized carbons (Fsp3) is 0.393. The van der Waals surface area contributed by atoms with Gasteiger partial charge in [-0.3, -0.25) is 4.79 Å². The lowest BCUT2D eigenvalue weighted by Gasteiger charge is -2.19. The topological polar surface area (TPSA) is 128 Å². The molecule has 1 aliphatic heterocycles. The average Bonchev–Trinajstić information content (AvgIpc) is 3.30. The van der Waals surface area contributed by atoms with Crippen LogP contribution in [0.1, 0.15) is 46.8 Å². The summed E-state index contributed by atoms with van der Waals surface area (Å²) in [5, 5.41) is 17.1. The van der Waals surface area contributed by atoms with Crippen LogP contribution >= 0.6 is 0 Å². The maximum atomic E-state index is 12.6. The molecule has 1 aromatic carbocycles. The van der Waals surface area contributed by atoms with Crippen molar-refractivity contribution in [3.8, 4) is 17.7 Å². The van der Waals surface area contributed by atoms with E-state index in [1.165, 1.54) is 35.6 Å². The Kier molecular flexibility index (Phi) is 9.11. The highest BCUT2D eigenvalue weighted by Crippen LogP contribution is 2.34. The largest absolute Gasteiger partial charge is 0.496 e. The lowest BCUT2D eigenvalue weighted by Crippen LogP contribution is -2.28. The number of hydrogen-bond donors (Lipinski definition) is 1. The molecule has 1 N–H and O–H groups in total. The number of hydrogen-bond acceptors (Lipinski definition) is 9. The first kappa shape index (κ1) is 29.4. The number of pyridine rings is 1. The van der Waals surface area contributed by atoms with Gasteiger partial charge in [0.25, 0.3) is 0 Å². The summed E-state index contributed by atoms with van der Waals surface area (Å²) in [6.45, 7) is 1.21. The van der Waals surface area contributed by atoms with Crippen LogP contribution in [0, 0.1) is 11.3 Å². The van der Waals surface area contributed by atoms with Crippen molar-refractivity contribution in [2.75, 3.05) is 25.6 Å². The Morgan fingerprint density at radius 2 is 2.00 bits per heavy atom. The van der Waals surface area contributed by atoms with Gasteiger partial charge in [-0.1, -0.05) is 6.07 Å². The van der Waals surface area contributed by atoms with Crippen molar-refractivity contribution in [3.05, 3.63) is 64.5 Å². The van der Waals surface area contributed by atoms with Crippen molar-refractivity contribution in [2.45, 2.75) is 44.2 Å². The maximum absolute atomic E-state index is 12.6. The van der Waals surface area contributed by atoms with E-state index in [1.807, 2.05) is 12.1 Å². The molecular formula is C28H28F3N5O5. The van der Waals surface area contributed by atoms with Crippen LogP contribution in [0.2, 0.25) is 0 Å². The fourth-order valence-corrected chi connectivity index (χ4v) is 4.58. The smallest absolute Gasteiger partial charge is 0.491 e. The van der Waals surface area contributed by atoms with Gasteiger partial charge < -0.3 is 19.5 Å². The summed E-state index contributed by atoms with van der Waals surface area (Å²) < 4.78 is 54.8. The predicted molar refractivity (Wildman–Crippen MR) is 139 cm³/mol. The molecule has 0 radical (unpaired) electrons. The van der Waals surface area contributed by atoms with Crippen molar-refractivity contribution in [1.82, 2.24) is 14.8 Å². The van der Waals surface area contributed by atoms with Crippen LogP contribution in [-0.2, 0) is 40.6 Å². The molecule has 1 unspecified atom stereocenters. The number of alkyl halides is 3. The van der Waals surface area contributed by atoms with Gasteiger partial charge in [0.15, 0.2) is 0 Å². The van der Waals surface area contributed by atoms with Crippen LogP contribution in [-0.4, -0.2) is 53.1 Å². The van der Waals surface area contributed by atoms with Crippen LogP contribution in [0.5, 0.6) is 11.6 Å². The normalized spacial score (nSPS) is 13.4. The summed E-state index contributed by atoms with van der Waals surface area (Å²) in [5.74, 6) is -3.17. The number of methoxy groups -OCH3 is 1. The fourth-order valence-electron chi connectivity index (χ4n) is 4.58. The summed E-state index contributed by atoms with van der Waals surface area (Å²) in [6, 6.07) is 12.2. The van der Waals surface area contributed by atoms with Crippen molar-refractivity contribution in [1.29, 1.82) is 5.26 Å². The molecule has 0 aliphatic carbocycles. The first-order chi connectivity index (χ1) is 19.6. The lowest BCUT2D eigenvalue weighted by atomic mass is 9.89. The first-order valence-electron chi connectivity index (χ1n) is 12.9. The molecular weight excluding hydrogens is 543 g/mol. The summed E-state index contributed by atoms with van der Waals surface area (Å²) in [5.41, 5.74) is 3.15. The summed E-state index contributed by atoms with van der Waals surface area (Å²) in [6.07, 6.45) is -3.25. The number of anilines is 1. The number of carbonyl (C=O) groups excluding carboxylic acids is 2. The molecule has 13 heteroatoms. The second-order valence-corrected chi connectivity index (χ2v) is 9.47. The standard InChI is InChI=1S/C28H28F3N5O5/c1-36-24(40-11-9-20-7-6-18-4-3-10-33-26(18)34-20)15-21(35-36)13-19(14-25(37)41-27(38)28(29,30)31)22-12-17(16-32)5-8-23(22)39-2/h5-8,12,15,19H,3-4,9-11,13-14H2,1-2H3,(H,33,34). The van der Waals surface area contributed by atoms with Gasteiger partial charge in [0.2, 0.25) is 5.88 Å². The molecule has 0 saturated heterocycles. The Labute approximate surface area is 234 Å². The molecule has 216 valence electrons. The van der Waals surface area contributed by atoms with E-state index in [-0.39, 0.29) is 12.0 Å². The zero-order valence-electron chi connectivity index (χ0n) is 22.5. The molecule has 4 rings (SSSR count). The Bertz CT molecular complexity index is 1460. The van der Waals surface area contributed by atoms with Crippen molar-refractivity contribution in [2.24, 2.45) is 7.05 Å². The van der Waals surface area contributed by atoms with E-state index in [2.05, 4.69) is 26.2 Å². The number of carbonyl (C=O) groups is 2. The molecule has 0 saturated carbocycles. The number of aryl methyl sites for hydroxylation is 2. The number of nitrogens with one attached hydrogen (secondary N) is 1. The van der Waals surface area contributed by atoms with E-state index < -0.39 is 30.5 Å². The quantitative estimate of drug-likeness (QED) is 0.283. The summed E-state index contributed by atoms with van der Waals surface area (Å²) in [4.78, 5) is 28.2. The Morgan fingerprint density at radius 1 is 1.20 bits per heavy atom. The van der Waals surface area contributed by atoms with Crippen LogP contribution in [0.4, 0.5) is 19.0 Å². The van der Waals surface area contributed by atoms with E-state index in [0.717, 1.165) is 30.9 Å². The van der Waals surface area contributed by atoms with E-state index in [0.29, 0.717) is 35.9 Å². The van der Waals surface area contributed by atoms with E-state index >= 15 is 0 Å². The highest BCUT2D eigenvalue weighted by molar-refractivity contribution is 5.88. The first-order valence-corrected chi connectivity index (χ1v) is 12.9. The molecule has 1 aliphatic rings. The highest BCUT2D eigenvalue weighted by Gasteiger charge is 2.42. The Balaban J connectivity index is 1.49. The molecule has 1 atom stereocenters. The van der Waals surface area contributed by atoms with Gasteiger partial charge in [-0.2, -0.15) is 23.5 Å². The number of benzene rings is 1. The van der Waals surface area contributed by atoms with Crippen molar-refractivity contribution >= 4 is 17.8 Å². The Hall–Kier alpha value is -4.60. The molecule has 41 heavy (non-hydrogen) atoms. The highest BCUT2D eigenvalue weighted by atomic mass is 19.4. The van der Waals surface area contributed by atoms with Gasteiger partial charge >= 0.3 is 18.1 Å². The summed E-state index contributed by atoms with van der Waals surface area (Å²) >= 11 is 0. The second-order valence-electron chi connectivity index (χ2n) is 9.47. The number of esters is 2. The molecule has 2 aromatic heterocycles. The van der Waals surface area contributed by atoms with Crippen LogP contribution in [0.3, 0.4) is 0 Å². The summed E-state index contributed by atoms with van der Waals surface area (Å²) in [7, 11) is 3.05. The zero-order chi connectivity index (χ0) is 29.6. The van der Waals surface area contributed by atoms with Gasteiger partial charge in [0, 0.05) is 37.7 Å². The predicted octanol–water partition coefficient (Wildman–Crippen LogP) is 4.02. The molecule has 3 aromatic rings. The number of aromatic nitrogens is 3. The van der Waals surface area contributed by atoms with Crippen LogP contribution < -0.4 is 14.8 Å². The molecule has 10 nitrogen and oxygen atoms in total. The zero-order valence-corrected chi connectivity index (χ0v) is 22.5. The number of nitrogens with zero attached hydrogens (tertiary/aromatic N) is 4. The van der Waals surface area contributed by atoms with E-state index in [4.69, 9.17) is 9.47 Å². The van der Waals surface area contributed by atoms with E-state index in [1.54, 1.807) is 13.1 Å². The second kappa shape index (κ2) is 12.7. The Morgan fingerprint density at radius 3 is 2.73 bits per heavy atom. The van der Waals surface area contributed by atoms with Gasteiger partial charge in [0.05, 0.1) is 37.5 Å². The number of rotatable bonds is 10. The number of nitriles is 1. The van der Waals surface area contributed by atoms with E-state index in [9.17, 15) is 28.0 Å². The molecule has 0 fully saturated rings. The minimum atomic E-state index is -5.32. The monoisotopic (exact) mass is 571 g/mol. The van der Waals surface area contributed by atoms with Gasteiger partial charge in [-0.25, -0.2) is 14.5 Å². The molecule has 0 amide bonds. The number of halogens is 3. The minimum absolute atomic E-state index is 0.0514. The molecule has 3 heterocycles.